The van der Waals surface area contributed by atoms with E-state index in [-0.39, 0.29) is 10.8 Å². The lowest BCUT2D eigenvalue weighted by atomic mass is 10.2. The lowest BCUT2D eigenvalue weighted by Gasteiger charge is -2.20. The smallest absolute Gasteiger partial charge is 0.265 e. The van der Waals surface area contributed by atoms with Gasteiger partial charge in [-0.1, -0.05) is 13.8 Å². The van der Waals surface area contributed by atoms with Crippen LogP contribution in [-0.4, -0.2) is 50.2 Å². The van der Waals surface area contributed by atoms with Crippen LogP contribution in [0.25, 0.3) is 0 Å². The van der Waals surface area contributed by atoms with Crippen LogP contribution in [0.3, 0.4) is 0 Å². The van der Waals surface area contributed by atoms with Crippen molar-refractivity contribution in [2.24, 2.45) is 5.92 Å². The molecule has 0 unspecified atom stereocenters. The normalized spacial score (nSPS) is 16.6. The molecule has 118 valence electrons. The molecule has 0 N–H and O–H groups in total. The molecule has 0 bridgehead atoms. The third-order valence-electron chi connectivity index (χ3n) is 3.49. The molecule has 7 heteroatoms. The van der Waals surface area contributed by atoms with E-state index < -0.39 is 10.0 Å². The van der Waals surface area contributed by atoms with E-state index in [1.54, 1.807) is 23.4 Å². The minimum atomic E-state index is -3.54. The maximum atomic E-state index is 12.6. The van der Waals surface area contributed by atoms with Crippen molar-refractivity contribution in [3.8, 4) is 0 Å². The highest BCUT2D eigenvalue weighted by molar-refractivity contribution is 7.89. The van der Waals surface area contributed by atoms with Gasteiger partial charge in [0.05, 0.1) is 0 Å². The van der Waals surface area contributed by atoms with Crippen LogP contribution in [0.2, 0.25) is 0 Å². The molecular weight excluding hydrogens is 308 g/mol. The molecule has 1 amide bonds. The third-order valence-corrected chi connectivity index (χ3v) is 6.46. The van der Waals surface area contributed by atoms with Gasteiger partial charge in [-0.2, -0.15) is 4.31 Å². The fraction of sp³-hybridized carbons (Fsp3) is 0.643. The fourth-order valence-electron chi connectivity index (χ4n) is 2.53. The number of hydrogen-bond acceptors (Lipinski definition) is 4. The second-order valence-electron chi connectivity index (χ2n) is 5.80. The predicted molar refractivity (Wildman–Crippen MR) is 84.1 cm³/mol. The summed E-state index contributed by atoms with van der Waals surface area (Å²) in [5, 5.41) is 1.68. The molecule has 1 aromatic heterocycles. The zero-order valence-corrected chi connectivity index (χ0v) is 14.3. The van der Waals surface area contributed by atoms with Crippen LogP contribution in [0.1, 0.15) is 36.4 Å². The quantitative estimate of drug-likeness (QED) is 0.832. The number of amides is 1. The summed E-state index contributed by atoms with van der Waals surface area (Å²) in [7, 11) is -1.82. The predicted octanol–water partition coefficient (Wildman–Crippen LogP) is 2.26. The van der Waals surface area contributed by atoms with E-state index in [0.29, 0.717) is 30.4 Å². The standard InChI is InChI=1S/C14H22N2O3S2/c1-11(2)10-15(3)14(17)13-12(6-9-20-13)21(18,19)16-7-4-5-8-16/h6,9,11H,4-5,7-8,10H2,1-3H3. The Kier molecular flexibility index (Phi) is 5.06. The van der Waals surface area contributed by atoms with E-state index >= 15 is 0 Å². The van der Waals surface area contributed by atoms with Crippen LogP contribution in [0, 0.1) is 5.92 Å². The second-order valence-corrected chi connectivity index (χ2v) is 8.63. The van der Waals surface area contributed by atoms with Crippen LogP contribution >= 0.6 is 11.3 Å². The molecule has 1 fully saturated rings. The van der Waals surface area contributed by atoms with Crippen LogP contribution in [0.4, 0.5) is 0 Å². The number of rotatable bonds is 5. The summed E-state index contributed by atoms with van der Waals surface area (Å²) < 4.78 is 26.7. The molecule has 0 aromatic carbocycles. The lowest BCUT2D eigenvalue weighted by Crippen LogP contribution is -2.33. The molecule has 5 nitrogen and oxygen atoms in total. The minimum absolute atomic E-state index is 0.162. The van der Waals surface area contributed by atoms with Gasteiger partial charge in [0.15, 0.2) is 0 Å². The number of carbonyl (C=O) groups excluding carboxylic acids is 1. The van der Waals surface area contributed by atoms with E-state index in [1.807, 2.05) is 13.8 Å². The first-order chi connectivity index (χ1) is 9.84. The van der Waals surface area contributed by atoms with Crippen LogP contribution < -0.4 is 0 Å². The maximum Gasteiger partial charge on any atom is 0.265 e. The highest BCUT2D eigenvalue weighted by atomic mass is 32.2. The summed E-state index contributed by atoms with van der Waals surface area (Å²) in [4.78, 5) is 14.6. The van der Waals surface area contributed by atoms with Gasteiger partial charge in [0.25, 0.3) is 5.91 Å². The van der Waals surface area contributed by atoms with Gasteiger partial charge in [-0.3, -0.25) is 4.79 Å². The molecule has 0 spiro atoms. The summed E-state index contributed by atoms with van der Waals surface area (Å²) in [5.74, 6) is 0.133. The van der Waals surface area contributed by atoms with E-state index in [4.69, 9.17) is 0 Å². The van der Waals surface area contributed by atoms with Crippen molar-refractivity contribution in [1.82, 2.24) is 9.21 Å². The Balaban J connectivity index is 2.28. The van der Waals surface area contributed by atoms with Crippen LogP contribution in [0.5, 0.6) is 0 Å². The van der Waals surface area contributed by atoms with Crippen LogP contribution in [-0.2, 0) is 10.0 Å². The molecule has 2 rings (SSSR count). The van der Waals surface area contributed by atoms with E-state index in [9.17, 15) is 13.2 Å². The maximum absolute atomic E-state index is 12.6. The highest BCUT2D eigenvalue weighted by Crippen LogP contribution is 2.28. The summed E-state index contributed by atoms with van der Waals surface area (Å²) in [6, 6.07) is 1.55. The van der Waals surface area contributed by atoms with Gasteiger partial charge >= 0.3 is 0 Å². The Morgan fingerprint density at radius 1 is 1.38 bits per heavy atom. The molecule has 0 saturated carbocycles. The Bertz CT molecular complexity index is 601. The Morgan fingerprint density at radius 3 is 2.57 bits per heavy atom. The summed E-state index contributed by atoms with van der Waals surface area (Å²) >= 11 is 1.20. The molecule has 1 aliphatic heterocycles. The van der Waals surface area contributed by atoms with Crippen molar-refractivity contribution >= 4 is 27.3 Å². The SMILES string of the molecule is CC(C)CN(C)C(=O)c1sccc1S(=O)(=O)N1CCCC1. The number of carbonyl (C=O) groups is 1. The zero-order chi connectivity index (χ0) is 15.6. The molecular formula is C14H22N2O3S2. The van der Waals surface area contributed by atoms with Gasteiger partial charge in [0, 0.05) is 26.7 Å². The largest absolute Gasteiger partial charge is 0.341 e. The minimum Gasteiger partial charge on any atom is -0.341 e. The topological polar surface area (TPSA) is 57.7 Å². The molecule has 21 heavy (non-hydrogen) atoms. The second kappa shape index (κ2) is 6.46. The van der Waals surface area contributed by atoms with Crippen molar-refractivity contribution in [3.05, 3.63) is 16.3 Å². The molecule has 0 aliphatic carbocycles. The fourth-order valence-corrected chi connectivity index (χ4v) is 5.43. The molecule has 1 saturated heterocycles. The van der Waals surface area contributed by atoms with E-state index in [1.165, 1.54) is 15.6 Å². The van der Waals surface area contributed by atoms with Crippen LogP contribution in [0.15, 0.2) is 16.3 Å². The van der Waals surface area contributed by atoms with Gasteiger partial charge in [-0.15, -0.1) is 11.3 Å². The Labute approximate surface area is 130 Å². The van der Waals surface area contributed by atoms with Crippen molar-refractivity contribution in [1.29, 1.82) is 0 Å². The van der Waals surface area contributed by atoms with E-state index in [2.05, 4.69) is 0 Å². The molecule has 2 heterocycles. The summed E-state index contributed by atoms with van der Waals surface area (Å²) in [6.45, 7) is 5.77. The highest BCUT2D eigenvalue weighted by Gasteiger charge is 2.32. The summed E-state index contributed by atoms with van der Waals surface area (Å²) in [5.41, 5.74) is 0. The van der Waals surface area contributed by atoms with Crippen molar-refractivity contribution in [3.63, 3.8) is 0 Å². The first-order valence-electron chi connectivity index (χ1n) is 7.17. The number of hydrogen-bond donors (Lipinski definition) is 0. The van der Waals surface area contributed by atoms with Gasteiger partial charge in [0.2, 0.25) is 10.0 Å². The average Bonchev–Trinajstić information content (AvgIpc) is 3.08. The van der Waals surface area contributed by atoms with Crippen molar-refractivity contribution < 1.29 is 13.2 Å². The molecule has 0 radical (unpaired) electrons. The first kappa shape index (κ1) is 16.5. The Hall–Kier alpha value is -0.920. The van der Waals surface area contributed by atoms with Gasteiger partial charge in [-0.05, 0) is 30.2 Å². The Morgan fingerprint density at radius 2 is 2.00 bits per heavy atom. The molecule has 1 aliphatic rings. The molecule has 0 atom stereocenters. The number of thiophene rings is 1. The lowest BCUT2D eigenvalue weighted by molar-refractivity contribution is 0.0780. The average molecular weight is 330 g/mol. The third kappa shape index (κ3) is 3.46. The van der Waals surface area contributed by atoms with Gasteiger partial charge < -0.3 is 4.90 Å². The van der Waals surface area contributed by atoms with Crippen molar-refractivity contribution in [2.75, 3.05) is 26.7 Å². The summed E-state index contributed by atoms with van der Waals surface area (Å²) in [6.07, 6.45) is 1.78. The van der Waals surface area contributed by atoms with E-state index in [0.717, 1.165) is 12.8 Å². The zero-order valence-electron chi connectivity index (χ0n) is 12.7. The van der Waals surface area contributed by atoms with Gasteiger partial charge in [-0.25, -0.2) is 8.42 Å². The number of sulfonamides is 1. The first-order valence-corrected chi connectivity index (χ1v) is 9.49. The van der Waals surface area contributed by atoms with Gasteiger partial charge in [0.1, 0.15) is 9.77 Å². The number of nitrogens with zero attached hydrogens (tertiary/aromatic N) is 2. The van der Waals surface area contributed by atoms with Crippen molar-refractivity contribution in [2.45, 2.75) is 31.6 Å². The monoisotopic (exact) mass is 330 g/mol. The molecule has 1 aromatic rings.